The van der Waals surface area contributed by atoms with Crippen LogP contribution in [0.3, 0.4) is 0 Å². The van der Waals surface area contributed by atoms with Crippen LogP contribution in [0, 0.1) is 0 Å². The van der Waals surface area contributed by atoms with Crippen LogP contribution in [-0.4, -0.2) is 9.55 Å². The molecule has 4 N–H and O–H groups in total. The van der Waals surface area contributed by atoms with Gasteiger partial charge in [-0.15, -0.1) is 0 Å². The van der Waals surface area contributed by atoms with E-state index in [0.29, 0.717) is 18.3 Å². The van der Waals surface area contributed by atoms with Crippen molar-refractivity contribution in [2.45, 2.75) is 63.9 Å². The Morgan fingerprint density at radius 3 is 2.18 bits per heavy atom. The predicted molar refractivity (Wildman–Crippen MR) is 197 cm³/mol. The molecule has 7 rings (SSSR count). The molecule has 0 unspecified atom stereocenters. The average Bonchev–Trinajstić information content (AvgIpc) is 3.81. The minimum atomic E-state index is -0.779. The van der Waals surface area contributed by atoms with Crippen LogP contribution in [0.15, 0.2) is 133 Å². The van der Waals surface area contributed by atoms with Crippen LogP contribution in [0.4, 0.5) is 0 Å². The van der Waals surface area contributed by atoms with Crippen LogP contribution in [0.25, 0.3) is 11.1 Å². The number of ether oxygens (including phenoxy) is 1. The van der Waals surface area contributed by atoms with Gasteiger partial charge < -0.3 is 9.30 Å². The monoisotopic (exact) mass is 670 g/mol. The molecule has 1 aliphatic carbocycles. The highest BCUT2D eigenvalue weighted by molar-refractivity contribution is 6.30. The van der Waals surface area contributed by atoms with E-state index in [-0.39, 0.29) is 6.17 Å². The molecule has 0 atom stereocenters. The first kappa shape index (κ1) is 33.2. The van der Waals surface area contributed by atoms with Gasteiger partial charge in [0.25, 0.3) is 0 Å². The topological polar surface area (TPSA) is 75.2 Å². The Hall–Kier alpha value is -4.34. The molecule has 0 spiro atoms. The molecular weight excluding hydrogens is 628 g/mol. The van der Waals surface area contributed by atoms with Gasteiger partial charge in [-0.25, -0.2) is 15.8 Å². The second-order valence-corrected chi connectivity index (χ2v) is 12.9. The number of hydrogen-bond acceptors (Lipinski definition) is 6. The Kier molecular flexibility index (Phi) is 10.5. The number of aromatic nitrogens is 2. The summed E-state index contributed by atoms with van der Waals surface area (Å²) in [7, 11) is 0. The number of aryl methyl sites for hydroxylation is 1. The summed E-state index contributed by atoms with van der Waals surface area (Å²) in [5, 5.41) is 0.503. The standard InChI is InChI=1S/C41H43ClN6O/c1-2-3-23-38-43-39(42)37(48(38)28-30-24-26-31(27-25-30)35-21-13-14-22-36(35)40-44-46-47-45-40)29-49-41(32-15-7-4-8-16-32,33-17-9-5-10-18-33)34-19-11-6-12-20-34/h4-11,13-19,21-22,24-27,40,44-47H,2-3,12,20,23,28-29H2,1H3. The summed E-state index contributed by atoms with van der Waals surface area (Å²) in [4.78, 5) is 4.92. The van der Waals surface area contributed by atoms with E-state index in [9.17, 15) is 0 Å². The van der Waals surface area contributed by atoms with Gasteiger partial charge >= 0.3 is 0 Å². The van der Waals surface area contributed by atoms with Crippen molar-refractivity contribution < 1.29 is 4.74 Å². The van der Waals surface area contributed by atoms with E-state index >= 15 is 0 Å². The van der Waals surface area contributed by atoms with Crippen LogP contribution in [0.5, 0.6) is 0 Å². The maximum Gasteiger partial charge on any atom is 0.153 e. The second kappa shape index (κ2) is 15.5. The fraction of sp³-hybridized carbons (Fsp3) is 0.244. The highest BCUT2D eigenvalue weighted by atomic mass is 35.5. The lowest BCUT2D eigenvalue weighted by atomic mass is 9.76. The maximum atomic E-state index is 7.27. The van der Waals surface area contributed by atoms with Crippen molar-refractivity contribution in [2.75, 3.05) is 0 Å². The summed E-state index contributed by atoms with van der Waals surface area (Å²) in [5.41, 5.74) is 20.4. The summed E-state index contributed by atoms with van der Waals surface area (Å²) in [6.45, 7) is 3.16. The number of nitrogens with zero attached hydrogens (tertiary/aromatic N) is 2. The summed E-state index contributed by atoms with van der Waals surface area (Å²) >= 11 is 7.03. The maximum absolute atomic E-state index is 7.27. The molecule has 0 bridgehead atoms. The molecule has 0 radical (unpaired) electrons. The van der Waals surface area contributed by atoms with E-state index in [2.05, 4.69) is 161 Å². The SMILES string of the molecule is CCCCc1nc(Cl)c(COC(C2=CC=CCC2)(c2ccccc2)c2ccccc2)n1Cc1ccc(-c2ccccc2C2NNNN2)cc1. The molecule has 1 aromatic heterocycles. The summed E-state index contributed by atoms with van der Waals surface area (Å²) < 4.78 is 9.55. The molecule has 2 heterocycles. The number of unbranched alkanes of at least 4 members (excludes halogenated alkanes) is 1. The van der Waals surface area contributed by atoms with Crippen molar-refractivity contribution in [3.63, 3.8) is 0 Å². The highest BCUT2D eigenvalue weighted by Crippen LogP contribution is 2.44. The first-order valence-electron chi connectivity index (χ1n) is 17.2. The fourth-order valence-electron chi connectivity index (χ4n) is 6.96. The van der Waals surface area contributed by atoms with Gasteiger partial charge in [-0.2, -0.15) is 11.1 Å². The molecule has 1 saturated heterocycles. The summed E-state index contributed by atoms with van der Waals surface area (Å²) in [5.74, 6) is 0.989. The highest BCUT2D eigenvalue weighted by Gasteiger charge is 2.40. The largest absolute Gasteiger partial charge is 0.355 e. The molecule has 2 aliphatic rings. The van der Waals surface area contributed by atoms with Crippen LogP contribution >= 0.6 is 11.6 Å². The lowest BCUT2D eigenvalue weighted by Crippen LogP contribution is -2.34. The first-order chi connectivity index (χ1) is 24.2. The normalized spacial score (nSPS) is 15.1. The van der Waals surface area contributed by atoms with Gasteiger partial charge in [-0.05, 0) is 58.2 Å². The third-order valence-corrected chi connectivity index (χ3v) is 9.78. The van der Waals surface area contributed by atoms with E-state index in [1.807, 2.05) is 0 Å². The van der Waals surface area contributed by atoms with E-state index in [1.165, 1.54) is 11.1 Å². The lowest BCUT2D eigenvalue weighted by Gasteiger charge is -2.38. The molecular formula is C41H43ClN6O. The molecule has 0 amide bonds. The molecule has 4 aromatic carbocycles. The van der Waals surface area contributed by atoms with Gasteiger partial charge in [-0.3, -0.25) is 0 Å². The van der Waals surface area contributed by atoms with Gasteiger partial charge in [0, 0.05) is 13.0 Å². The molecule has 7 nitrogen and oxygen atoms in total. The van der Waals surface area contributed by atoms with Crippen molar-refractivity contribution >= 4 is 11.6 Å². The van der Waals surface area contributed by atoms with Crippen molar-refractivity contribution in [3.8, 4) is 11.1 Å². The minimum absolute atomic E-state index is 0.0491. The van der Waals surface area contributed by atoms with Crippen LogP contribution < -0.4 is 21.9 Å². The zero-order valence-corrected chi connectivity index (χ0v) is 28.6. The number of imidazole rings is 1. The fourth-order valence-corrected chi connectivity index (χ4v) is 7.22. The molecule has 5 aromatic rings. The van der Waals surface area contributed by atoms with Crippen LogP contribution in [-0.2, 0) is 29.9 Å². The Bertz CT molecular complexity index is 1860. The van der Waals surface area contributed by atoms with Crippen molar-refractivity contribution in [1.29, 1.82) is 0 Å². The number of rotatable bonds is 13. The number of halogens is 1. The Labute approximate surface area is 294 Å². The van der Waals surface area contributed by atoms with Crippen molar-refractivity contribution in [3.05, 3.63) is 172 Å². The van der Waals surface area contributed by atoms with Gasteiger partial charge in [-0.1, -0.05) is 152 Å². The zero-order chi connectivity index (χ0) is 33.5. The molecule has 49 heavy (non-hydrogen) atoms. The van der Waals surface area contributed by atoms with Gasteiger partial charge in [0.2, 0.25) is 0 Å². The molecule has 1 fully saturated rings. The molecule has 250 valence electrons. The van der Waals surface area contributed by atoms with Crippen LogP contribution in [0.2, 0.25) is 5.15 Å². The minimum Gasteiger partial charge on any atom is -0.355 e. The number of benzene rings is 4. The number of hydrogen-bond donors (Lipinski definition) is 4. The van der Waals surface area contributed by atoms with E-state index in [1.54, 1.807) is 0 Å². The summed E-state index contributed by atoms with van der Waals surface area (Å²) in [6.07, 6.45) is 11.4. The van der Waals surface area contributed by atoms with E-state index < -0.39 is 5.60 Å². The number of allylic oxidation sites excluding steroid dienone is 3. The number of nitrogens with one attached hydrogen (secondary N) is 4. The lowest BCUT2D eigenvalue weighted by molar-refractivity contribution is -0.00796. The predicted octanol–water partition coefficient (Wildman–Crippen LogP) is 8.45. The van der Waals surface area contributed by atoms with E-state index in [4.69, 9.17) is 21.3 Å². The average molecular weight is 671 g/mol. The molecule has 0 saturated carbocycles. The van der Waals surface area contributed by atoms with Crippen LogP contribution in [0.1, 0.15) is 72.5 Å². The Morgan fingerprint density at radius 1 is 0.857 bits per heavy atom. The van der Waals surface area contributed by atoms with Crippen molar-refractivity contribution in [2.24, 2.45) is 0 Å². The first-order valence-corrected chi connectivity index (χ1v) is 17.6. The number of hydrazine groups is 3. The third kappa shape index (κ3) is 7.05. The Balaban J connectivity index is 1.23. The summed E-state index contributed by atoms with van der Waals surface area (Å²) in [6, 6.07) is 38.4. The quantitative estimate of drug-likeness (QED) is 0.101. The molecule has 8 heteroatoms. The van der Waals surface area contributed by atoms with E-state index in [0.717, 1.165) is 71.4 Å². The van der Waals surface area contributed by atoms with Gasteiger partial charge in [0.1, 0.15) is 17.6 Å². The zero-order valence-electron chi connectivity index (χ0n) is 27.8. The second-order valence-electron chi connectivity index (χ2n) is 12.6. The van der Waals surface area contributed by atoms with Gasteiger partial charge in [0.05, 0.1) is 12.3 Å². The molecule has 1 aliphatic heterocycles. The van der Waals surface area contributed by atoms with Gasteiger partial charge in [0.15, 0.2) is 5.15 Å². The van der Waals surface area contributed by atoms with Crippen molar-refractivity contribution in [1.82, 2.24) is 31.5 Å². The smallest absolute Gasteiger partial charge is 0.153 e. The third-order valence-electron chi connectivity index (χ3n) is 9.48. The Morgan fingerprint density at radius 2 is 1.53 bits per heavy atom.